The molecule has 0 radical (unpaired) electrons. The van der Waals surface area contributed by atoms with Crippen LogP contribution in [-0.4, -0.2) is 16.3 Å². The Morgan fingerprint density at radius 1 is 0.571 bits per heavy atom. The topological polar surface area (TPSA) is 0 Å². The van der Waals surface area contributed by atoms with Crippen molar-refractivity contribution in [1.82, 2.24) is 0 Å². The fraction of sp³-hybridized carbons (Fsp3) is 0.571. The Hall–Kier alpha value is 3.28. The van der Waals surface area contributed by atoms with Crippen molar-refractivity contribution in [1.29, 1.82) is 0 Å². The molecule has 1 rings (SSSR count). The molecule has 0 N–H and O–H groups in total. The van der Waals surface area contributed by atoms with Crippen molar-refractivity contribution in [2.45, 2.75) is 38.3 Å². The average molecular weight is 673 g/mol. The third-order valence-electron chi connectivity index (χ3n) is 3.71. The molecular weight excluding hydrogens is 664 g/mol. The standard InChI is InChI=1S/C14H8Cl14/c1-2-6-7(9(15,16)11(19,20)13(23,24)25)4-3-5-8(6)10(17,18)12(21,22)14(26,27)28/h3-5H,2H2,1H3. The smallest absolute Gasteiger partial charge is 0.0930 e. The molecule has 14 heteroatoms. The summed E-state index contributed by atoms with van der Waals surface area (Å²) in [6.07, 6.45) is 0.251. The maximum absolute atomic E-state index is 6.47. The van der Waals surface area contributed by atoms with Crippen molar-refractivity contribution in [3.8, 4) is 0 Å². The number of alkyl halides is 14. The highest BCUT2D eigenvalue weighted by molar-refractivity contribution is 6.79. The first-order valence-electron chi connectivity index (χ1n) is 6.95. The first-order valence-corrected chi connectivity index (χ1v) is 12.2. The summed E-state index contributed by atoms with van der Waals surface area (Å²) in [7, 11) is 0. The summed E-state index contributed by atoms with van der Waals surface area (Å²) in [5, 5.41) is 0. The lowest BCUT2D eigenvalue weighted by atomic mass is 9.92. The van der Waals surface area contributed by atoms with Gasteiger partial charge in [0.2, 0.25) is 16.3 Å². The molecule has 0 aromatic heterocycles. The molecule has 0 saturated carbocycles. The van der Waals surface area contributed by atoms with Crippen molar-refractivity contribution in [2.75, 3.05) is 0 Å². The van der Waals surface area contributed by atoms with Crippen molar-refractivity contribution in [3.63, 3.8) is 0 Å². The van der Waals surface area contributed by atoms with Crippen molar-refractivity contribution < 1.29 is 0 Å². The monoisotopic (exact) mass is 666 g/mol. The number of halogens is 14. The highest BCUT2D eigenvalue weighted by Gasteiger charge is 2.63. The second-order valence-electron chi connectivity index (χ2n) is 5.48. The van der Waals surface area contributed by atoms with Crippen LogP contribution in [0.25, 0.3) is 0 Å². The van der Waals surface area contributed by atoms with Crippen LogP contribution in [0.3, 0.4) is 0 Å². The lowest BCUT2D eigenvalue weighted by molar-refractivity contribution is 0.668. The van der Waals surface area contributed by atoms with Gasteiger partial charge in [-0.15, -0.1) is 0 Å². The van der Waals surface area contributed by atoms with E-state index in [2.05, 4.69) is 0 Å². The molecule has 0 heterocycles. The molecule has 0 nitrogen and oxygen atoms in total. The minimum atomic E-state index is -2.30. The summed E-state index contributed by atoms with van der Waals surface area (Å²) in [6.45, 7) is 1.73. The van der Waals surface area contributed by atoms with Gasteiger partial charge in [0, 0.05) is 0 Å². The molecular formula is C14H8Cl14. The van der Waals surface area contributed by atoms with Gasteiger partial charge in [-0.1, -0.05) is 188 Å². The van der Waals surface area contributed by atoms with Crippen LogP contribution in [0.15, 0.2) is 18.2 Å². The zero-order valence-corrected chi connectivity index (χ0v) is 23.8. The minimum Gasteiger partial charge on any atom is -0.0930 e. The van der Waals surface area contributed by atoms with Crippen LogP contribution in [0.2, 0.25) is 0 Å². The lowest BCUT2D eigenvalue weighted by Crippen LogP contribution is -2.47. The van der Waals surface area contributed by atoms with E-state index in [1.54, 1.807) is 6.92 Å². The van der Waals surface area contributed by atoms with Crippen LogP contribution in [0.4, 0.5) is 0 Å². The van der Waals surface area contributed by atoms with E-state index >= 15 is 0 Å². The second-order valence-corrected chi connectivity index (χ2v) is 15.4. The molecule has 0 aliphatic rings. The van der Waals surface area contributed by atoms with Gasteiger partial charge in [-0.2, -0.15) is 0 Å². The number of hydrogen-bond donors (Lipinski definition) is 0. The van der Waals surface area contributed by atoms with Gasteiger partial charge in [0.25, 0.3) is 0 Å². The molecule has 0 aliphatic carbocycles. The van der Waals surface area contributed by atoms with Gasteiger partial charge < -0.3 is 0 Å². The SMILES string of the molecule is CCc1c(C(Cl)(Cl)C(Cl)(Cl)C(Cl)(Cl)Cl)cccc1C(Cl)(Cl)C(Cl)(Cl)C(Cl)(Cl)Cl. The third kappa shape index (κ3) is 5.17. The molecule has 0 atom stereocenters. The first-order chi connectivity index (χ1) is 12.2. The number of benzene rings is 1. The Bertz CT molecular complexity index is 653. The van der Waals surface area contributed by atoms with Crippen LogP contribution >= 0.6 is 162 Å². The maximum Gasteiger partial charge on any atom is 0.226 e. The summed E-state index contributed by atoms with van der Waals surface area (Å²) >= 11 is 86.0. The molecule has 28 heavy (non-hydrogen) atoms. The van der Waals surface area contributed by atoms with Crippen molar-refractivity contribution in [2.24, 2.45) is 0 Å². The molecule has 1 aromatic rings. The minimum absolute atomic E-state index is 0.131. The summed E-state index contributed by atoms with van der Waals surface area (Å²) in [5.74, 6) is 0. The largest absolute Gasteiger partial charge is 0.226 e. The zero-order chi connectivity index (χ0) is 22.6. The summed E-state index contributed by atoms with van der Waals surface area (Å²) in [5.41, 5.74) is 0.606. The highest BCUT2D eigenvalue weighted by Crippen LogP contribution is 2.64. The van der Waals surface area contributed by atoms with Gasteiger partial charge in [-0.05, 0) is 23.1 Å². The van der Waals surface area contributed by atoms with E-state index in [0.29, 0.717) is 5.56 Å². The Kier molecular flexibility index (Phi) is 9.94. The highest BCUT2D eigenvalue weighted by atomic mass is 35.6. The van der Waals surface area contributed by atoms with Gasteiger partial charge in [-0.25, -0.2) is 0 Å². The number of rotatable bonds is 5. The molecule has 0 saturated heterocycles. The van der Waals surface area contributed by atoms with E-state index in [9.17, 15) is 0 Å². The van der Waals surface area contributed by atoms with E-state index < -0.39 is 24.9 Å². The molecule has 0 aliphatic heterocycles. The van der Waals surface area contributed by atoms with Gasteiger partial charge >= 0.3 is 0 Å². The van der Waals surface area contributed by atoms with Gasteiger partial charge in [0.05, 0.1) is 0 Å². The normalized spacial score (nSPS) is 15.1. The zero-order valence-electron chi connectivity index (χ0n) is 13.2. The maximum atomic E-state index is 6.47. The van der Waals surface area contributed by atoms with Gasteiger partial charge in [0.15, 0.2) is 8.67 Å². The average Bonchev–Trinajstić information content (AvgIpc) is 2.51. The Morgan fingerprint density at radius 3 is 1.07 bits per heavy atom. The molecule has 0 amide bonds. The summed E-state index contributed by atoms with van der Waals surface area (Å²) in [4.78, 5) is 0. The van der Waals surface area contributed by atoms with E-state index in [1.807, 2.05) is 0 Å². The molecule has 162 valence electrons. The Morgan fingerprint density at radius 2 is 0.857 bits per heavy atom. The molecule has 1 aromatic carbocycles. The van der Waals surface area contributed by atoms with Crippen LogP contribution in [0.5, 0.6) is 0 Å². The van der Waals surface area contributed by atoms with Crippen LogP contribution in [-0.2, 0) is 15.1 Å². The van der Waals surface area contributed by atoms with Crippen LogP contribution < -0.4 is 0 Å². The van der Waals surface area contributed by atoms with E-state index in [-0.39, 0.29) is 17.5 Å². The van der Waals surface area contributed by atoms with Crippen LogP contribution in [0.1, 0.15) is 23.6 Å². The third-order valence-corrected chi connectivity index (χ3v) is 11.6. The fourth-order valence-corrected chi connectivity index (χ4v) is 5.36. The van der Waals surface area contributed by atoms with E-state index in [4.69, 9.17) is 162 Å². The molecule has 0 spiro atoms. The predicted octanol–water partition coefficient (Wildman–Crippen LogP) is 10.6. The Balaban J connectivity index is 3.81. The Labute approximate surface area is 233 Å². The quantitative estimate of drug-likeness (QED) is 0.273. The fourth-order valence-electron chi connectivity index (χ4n) is 2.25. The lowest BCUT2D eigenvalue weighted by Gasteiger charge is -2.41. The van der Waals surface area contributed by atoms with E-state index in [0.717, 1.165) is 0 Å². The van der Waals surface area contributed by atoms with Gasteiger partial charge in [-0.3, -0.25) is 0 Å². The van der Waals surface area contributed by atoms with Crippen molar-refractivity contribution >= 4 is 162 Å². The second kappa shape index (κ2) is 9.50. The van der Waals surface area contributed by atoms with Crippen molar-refractivity contribution in [3.05, 3.63) is 34.9 Å². The predicted molar refractivity (Wildman–Crippen MR) is 132 cm³/mol. The molecule has 0 unspecified atom stereocenters. The first kappa shape index (κ1) is 29.3. The van der Waals surface area contributed by atoms with E-state index in [1.165, 1.54) is 18.2 Å². The number of hydrogen-bond acceptors (Lipinski definition) is 0. The molecule has 0 bridgehead atoms. The molecule has 0 fully saturated rings. The van der Waals surface area contributed by atoms with Crippen LogP contribution in [0, 0.1) is 0 Å². The summed E-state index contributed by atoms with van der Waals surface area (Å²) in [6, 6.07) is 4.45. The summed E-state index contributed by atoms with van der Waals surface area (Å²) < 4.78 is -13.4. The van der Waals surface area contributed by atoms with Gasteiger partial charge in [0.1, 0.15) is 0 Å².